The lowest BCUT2D eigenvalue weighted by molar-refractivity contribution is -0.139. The highest BCUT2D eigenvalue weighted by Crippen LogP contribution is 2.32. The van der Waals surface area contributed by atoms with E-state index in [9.17, 15) is 4.79 Å². The minimum Gasteiger partial charge on any atom is -0.482 e. The van der Waals surface area contributed by atoms with Crippen LogP contribution in [0.4, 0.5) is 0 Å². The molecule has 0 bridgehead atoms. The second kappa shape index (κ2) is 4.88. The highest BCUT2D eigenvalue weighted by Gasteiger charge is 2.20. The molecule has 0 aromatic heterocycles. The van der Waals surface area contributed by atoms with E-state index in [2.05, 4.69) is 6.07 Å². The summed E-state index contributed by atoms with van der Waals surface area (Å²) in [5.41, 5.74) is 1.16. The van der Waals surface area contributed by atoms with Gasteiger partial charge in [0.1, 0.15) is 5.75 Å². The minimum absolute atomic E-state index is 0.208. The number of nitrogens with zero attached hydrogens (tertiary/aromatic N) is 1. The molecule has 1 aromatic carbocycles. The van der Waals surface area contributed by atoms with Crippen LogP contribution in [0.2, 0.25) is 0 Å². The average molecular weight is 233 g/mol. The van der Waals surface area contributed by atoms with Crippen molar-refractivity contribution in [3.8, 4) is 11.8 Å². The number of ether oxygens (including phenoxy) is 1. The maximum atomic E-state index is 10.5. The Morgan fingerprint density at radius 1 is 1.47 bits per heavy atom. The largest absolute Gasteiger partial charge is 0.482 e. The zero-order valence-electron chi connectivity index (χ0n) is 10.2. The summed E-state index contributed by atoms with van der Waals surface area (Å²) in [4.78, 5) is 10.5. The van der Waals surface area contributed by atoms with E-state index in [0.717, 1.165) is 5.56 Å². The van der Waals surface area contributed by atoms with Gasteiger partial charge in [0.2, 0.25) is 0 Å². The first-order valence-electron chi connectivity index (χ1n) is 5.24. The predicted molar refractivity (Wildman–Crippen MR) is 63.0 cm³/mol. The van der Waals surface area contributed by atoms with Gasteiger partial charge in [-0.1, -0.05) is 20.8 Å². The monoisotopic (exact) mass is 233 g/mol. The van der Waals surface area contributed by atoms with Crippen molar-refractivity contribution in [1.82, 2.24) is 0 Å². The van der Waals surface area contributed by atoms with Gasteiger partial charge >= 0.3 is 5.97 Å². The number of hydrogen-bond acceptors (Lipinski definition) is 3. The standard InChI is InChI=1S/C13H15NO3/c1-13(2,3)10-6-9(7-14)4-5-11(10)17-8-12(15)16/h4-6H,8H2,1-3H3,(H,15,16). The van der Waals surface area contributed by atoms with E-state index in [0.29, 0.717) is 11.3 Å². The van der Waals surface area contributed by atoms with Crippen LogP contribution in [0.25, 0.3) is 0 Å². The summed E-state index contributed by atoms with van der Waals surface area (Å²) >= 11 is 0. The lowest BCUT2D eigenvalue weighted by Gasteiger charge is -2.22. The summed E-state index contributed by atoms with van der Waals surface area (Å²) in [6, 6.07) is 7.05. The quantitative estimate of drug-likeness (QED) is 0.869. The van der Waals surface area contributed by atoms with Crippen LogP contribution >= 0.6 is 0 Å². The second-order valence-electron chi connectivity index (χ2n) is 4.76. The molecule has 1 aromatic rings. The third kappa shape index (κ3) is 3.49. The van der Waals surface area contributed by atoms with E-state index in [1.54, 1.807) is 18.2 Å². The van der Waals surface area contributed by atoms with Gasteiger partial charge in [-0.05, 0) is 23.6 Å². The molecule has 0 aliphatic carbocycles. The Bertz CT molecular complexity index is 467. The van der Waals surface area contributed by atoms with Gasteiger partial charge in [0.25, 0.3) is 0 Å². The highest BCUT2D eigenvalue weighted by molar-refractivity contribution is 5.68. The fourth-order valence-electron chi connectivity index (χ4n) is 1.45. The molecule has 0 spiro atoms. The van der Waals surface area contributed by atoms with Crippen molar-refractivity contribution < 1.29 is 14.6 Å². The second-order valence-corrected chi connectivity index (χ2v) is 4.76. The van der Waals surface area contributed by atoms with E-state index in [1.807, 2.05) is 20.8 Å². The lowest BCUT2D eigenvalue weighted by Crippen LogP contribution is -2.16. The van der Waals surface area contributed by atoms with Crippen LogP contribution in [0, 0.1) is 11.3 Å². The van der Waals surface area contributed by atoms with E-state index >= 15 is 0 Å². The molecular formula is C13H15NO3. The molecule has 90 valence electrons. The fraction of sp³-hybridized carbons (Fsp3) is 0.385. The predicted octanol–water partition coefficient (Wildman–Crippen LogP) is 2.32. The molecule has 0 unspecified atom stereocenters. The van der Waals surface area contributed by atoms with Gasteiger partial charge in [-0.15, -0.1) is 0 Å². The van der Waals surface area contributed by atoms with Gasteiger partial charge in [-0.25, -0.2) is 4.79 Å². The van der Waals surface area contributed by atoms with Gasteiger partial charge in [-0.2, -0.15) is 5.26 Å². The average Bonchev–Trinajstić information content (AvgIpc) is 2.24. The van der Waals surface area contributed by atoms with Crippen molar-refractivity contribution in [1.29, 1.82) is 5.26 Å². The van der Waals surface area contributed by atoms with Crippen LogP contribution in [0.1, 0.15) is 31.9 Å². The van der Waals surface area contributed by atoms with Gasteiger partial charge in [0.15, 0.2) is 6.61 Å². The molecule has 1 N–H and O–H groups in total. The summed E-state index contributed by atoms with van der Waals surface area (Å²) < 4.78 is 5.22. The molecule has 0 fully saturated rings. The molecule has 4 heteroatoms. The molecule has 4 nitrogen and oxygen atoms in total. The summed E-state index contributed by atoms with van der Waals surface area (Å²) in [6.07, 6.45) is 0. The van der Waals surface area contributed by atoms with Crippen LogP contribution in [-0.4, -0.2) is 17.7 Å². The molecule has 0 heterocycles. The van der Waals surface area contributed by atoms with Crippen LogP contribution in [0.5, 0.6) is 5.75 Å². The molecular weight excluding hydrogens is 218 g/mol. The molecule has 0 radical (unpaired) electrons. The van der Waals surface area contributed by atoms with E-state index in [1.165, 1.54) is 0 Å². The third-order valence-electron chi connectivity index (χ3n) is 2.27. The first-order chi connectivity index (χ1) is 7.84. The Morgan fingerprint density at radius 3 is 2.59 bits per heavy atom. The zero-order chi connectivity index (χ0) is 13.1. The molecule has 0 saturated heterocycles. The number of aliphatic carboxylic acids is 1. The Labute approximate surface area is 100 Å². The van der Waals surface area contributed by atoms with Crippen molar-refractivity contribution in [3.63, 3.8) is 0 Å². The molecule has 0 atom stereocenters. The van der Waals surface area contributed by atoms with Crippen LogP contribution in [0.3, 0.4) is 0 Å². The SMILES string of the molecule is CC(C)(C)c1cc(C#N)ccc1OCC(=O)O. The summed E-state index contributed by atoms with van der Waals surface area (Å²) in [6.45, 7) is 5.57. The van der Waals surface area contributed by atoms with Crippen LogP contribution in [0.15, 0.2) is 18.2 Å². The van der Waals surface area contributed by atoms with Crippen molar-refractivity contribution in [3.05, 3.63) is 29.3 Å². The van der Waals surface area contributed by atoms with E-state index < -0.39 is 5.97 Å². The first kappa shape index (κ1) is 13.0. The number of benzene rings is 1. The Kier molecular flexibility index (Phi) is 3.74. The minimum atomic E-state index is -1.02. The smallest absolute Gasteiger partial charge is 0.341 e. The Hall–Kier alpha value is -2.02. The summed E-state index contributed by atoms with van der Waals surface area (Å²) in [7, 11) is 0. The zero-order valence-corrected chi connectivity index (χ0v) is 10.2. The topological polar surface area (TPSA) is 70.3 Å². The fourth-order valence-corrected chi connectivity index (χ4v) is 1.45. The van der Waals surface area contributed by atoms with Crippen molar-refractivity contribution in [2.45, 2.75) is 26.2 Å². The maximum Gasteiger partial charge on any atom is 0.341 e. The van der Waals surface area contributed by atoms with Crippen LogP contribution in [-0.2, 0) is 10.2 Å². The molecule has 0 amide bonds. The molecule has 17 heavy (non-hydrogen) atoms. The normalized spacial score (nSPS) is 10.7. The Morgan fingerprint density at radius 2 is 2.12 bits per heavy atom. The molecule has 0 saturated carbocycles. The van der Waals surface area contributed by atoms with E-state index in [4.69, 9.17) is 15.1 Å². The van der Waals surface area contributed by atoms with Crippen molar-refractivity contribution >= 4 is 5.97 Å². The number of nitriles is 1. The number of carboxylic acids is 1. The van der Waals surface area contributed by atoms with Gasteiger partial charge in [0, 0.05) is 5.56 Å². The molecule has 0 aliphatic rings. The number of rotatable bonds is 3. The number of hydrogen-bond donors (Lipinski definition) is 1. The van der Waals surface area contributed by atoms with Gasteiger partial charge in [-0.3, -0.25) is 0 Å². The summed E-state index contributed by atoms with van der Waals surface area (Å²) in [5.74, 6) is -0.506. The number of carboxylic acid groups (broad SMARTS) is 1. The Balaban J connectivity index is 3.12. The van der Waals surface area contributed by atoms with Crippen molar-refractivity contribution in [2.24, 2.45) is 0 Å². The molecule has 1 rings (SSSR count). The van der Waals surface area contributed by atoms with Crippen LogP contribution < -0.4 is 4.74 Å². The highest BCUT2D eigenvalue weighted by atomic mass is 16.5. The summed E-state index contributed by atoms with van der Waals surface area (Å²) in [5, 5.41) is 17.4. The molecule has 0 aliphatic heterocycles. The lowest BCUT2D eigenvalue weighted by atomic mass is 9.85. The van der Waals surface area contributed by atoms with Crippen molar-refractivity contribution in [2.75, 3.05) is 6.61 Å². The first-order valence-corrected chi connectivity index (χ1v) is 5.24. The maximum absolute atomic E-state index is 10.5. The number of carbonyl (C=O) groups is 1. The van der Waals surface area contributed by atoms with Gasteiger partial charge in [0.05, 0.1) is 11.6 Å². The van der Waals surface area contributed by atoms with E-state index in [-0.39, 0.29) is 12.0 Å². The third-order valence-corrected chi connectivity index (χ3v) is 2.27. The van der Waals surface area contributed by atoms with Gasteiger partial charge < -0.3 is 9.84 Å².